The fraction of sp³-hybridized carbons (Fsp3) is 0.0909. The molecule has 0 radical (unpaired) electrons. The summed E-state index contributed by atoms with van der Waals surface area (Å²) in [6.45, 7) is 0.428. The van der Waals surface area contributed by atoms with Crippen LogP contribution in [0.1, 0.15) is 16.1 Å². The molecule has 0 bridgehead atoms. The van der Waals surface area contributed by atoms with Gasteiger partial charge in [0.15, 0.2) is 0 Å². The molecule has 1 aromatic heterocycles. The van der Waals surface area contributed by atoms with Gasteiger partial charge in [-0.15, -0.1) is 11.3 Å². The molecule has 3 nitrogen and oxygen atoms in total. The summed E-state index contributed by atoms with van der Waals surface area (Å²) < 4.78 is 0.681. The first-order chi connectivity index (χ1) is 8.16. The van der Waals surface area contributed by atoms with Gasteiger partial charge in [-0.2, -0.15) is 0 Å². The van der Waals surface area contributed by atoms with Gasteiger partial charge in [-0.3, -0.25) is 4.79 Å². The monoisotopic (exact) mass is 330 g/mol. The molecular formula is C11H8BrClN2OS. The van der Waals surface area contributed by atoms with Crippen molar-refractivity contribution in [3.8, 4) is 0 Å². The number of carbonyl (C=O) groups excluding carboxylic acids is 1. The van der Waals surface area contributed by atoms with E-state index in [1.165, 1.54) is 11.3 Å². The molecule has 0 saturated heterocycles. The molecule has 0 aliphatic carbocycles. The number of halogens is 2. The van der Waals surface area contributed by atoms with Crippen molar-refractivity contribution in [2.75, 3.05) is 0 Å². The zero-order valence-corrected chi connectivity index (χ0v) is 11.8. The highest BCUT2D eigenvalue weighted by Crippen LogP contribution is 2.21. The summed E-state index contributed by atoms with van der Waals surface area (Å²) in [5.41, 5.74) is 3.15. The van der Waals surface area contributed by atoms with Gasteiger partial charge in [0.05, 0.1) is 23.3 Å². The number of aromatic nitrogens is 1. The van der Waals surface area contributed by atoms with Crippen LogP contribution in [0.2, 0.25) is 5.02 Å². The quantitative estimate of drug-likeness (QED) is 0.935. The van der Waals surface area contributed by atoms with E-state index in [1.807, 2.05) is 5.38 Å². The molecule has 0 spiro atoms. The Labute approximate surface area is 116 Å². The standard InChI is InChI=1S/C11H8BrClN2OS/c12-10-3-7(13)1-2-9(10)11(16)14-4-8-5-17-6-15-8/h1-3,5-6H,4H2,(H,14,16). The molecule has 6 heteroatoms. The van der Waals surface area contributed by atoms with Crippen molar-refractivity contribution >= 4 is 44.8 Å². The maximum Gasteiger partial charge on any atom is 0.252 e. The van der Waals surface area contributed by atoms with Crippen molar-refractivity contribution in [3.63, 3.8) is 0 Å². The summed E-state index contributed by atoms with van der Waals surface area (Å²) in [4.78, 5) is 16.0. The van der Waals surface area contributed by atoms with Gasteiger partial charge in [-0.1, -0.05) is 11.6 Å². The summed E-state index contributed by atoms with van der Waals surface area (Å²) in [6.07, 6.45) is 0. The molecule has 0 fully saturated rings. The summed E-state index contributed by atoms with van der Waals surface area (Å²) in [7, 11) is 0. The van der Waals surface area contributed by atoms with E-state index in [1.54, 1.807) is 23.7 Å². The molecule has 1 amide bonds. The van der Waals surface area contributed by atoms with E-state index in [2.05, 4.69) is 26.2 Å². The first kappa shape index (κ1) is 12.5. The molecule has 88 valence electrons. The van der Waals surface area contributed by atoms with Gasteiger partial charge >= 0.3 is 0 Å². The summed E-state index contributed by atoms with van der Waals surface area (Å²) in [6, 6.07) is 5.06. The topological polar surface area (TPSA) is 42.0 Å². The molecule has 17 heavy (non-hydrogen) atoms. The molecule has 2 aromatic rings. The van der Waals surface area contributed by atoms with Crippen LogP contribution in [0.5, 0.6) is 0 Å². The highest BCUT2D eigenvalue weighted by molar-refractivity contribution is 9.10. The third-order valence-electron chi connectivity index (χ3n) is 2.09. The fourth-order valence-corrected chi connectivity index (χ4v) is 2.69. The van der Waals surface area contributed by atoms with Crippen molar-refractivity contribution < 1.29 is 4.79 Å². The third-order valence-corrected chi connectivity index (χ3v) is 3.62. The predicted molar refractivity (Wildman–Crippen MR) is 72.4 cm³/mol. The van der Waals surface area contributed by atoms with Crippen molar-refractivity contribution in [2.45, 2.75) is 6.54 Å². The van der Waals surface area contributed by atoms with Gasteiger partial charge in [0.25, 0.3) is 5.91 Å². The van der Waals surface area contributed by atoms with Crippen LogP contribution < -0.4 is 5.32 Å². The van der Waals surface area contributed by atoms with Crippen molar-refractivity contribution in [1.82, 2.24) is 10.3 Å². The van der Waals surface area contributed by atoms with Crippen LogP contribution in [-0.4, -0.2) is 10.9 Å². The molecule has 0 atom stereocenters. The predicted octanol–water partition coefficient (Wildman–Crippen LogP) is 3.49. The lowest BCUT2D eigenvalue weighted by Gasteiger charge is -2.05. The largest absolute Gasteiger partial charge is 0.346 e. The molecule has 1 heterocycles. The molecule has 0 aliphatic rings. The fourth-order valence-electron chi connectivity index (χ4n) is 1.26. The van der Waals surface area contributed by atoms with Crippen LogP contribution in [0.25, 0.3) is 0 Å². The molecule has 0 saturated carbocycles. The lowest BCUT2D eigenvalue weighted by Crippen LogP contribution is -2.23. The lowest BCUT2D eigenvalue weighted by atomic mass is 10.2. The first-order valence-electron chi connectivity index (χ1n) is 4.77. The van der Waals surface area contributed by atoms with Crippen LogP contribution in [0.15, 0.2) is 33.6 Å². The zero-order valence-electron chi connectivity index (χ0n) is 8.61. The second-order valence-corrected chi connectivity index (χ2v) is 5.30. The number of benzene rings is 1. The van der Waals surface area contributed by atoms with E-state index in [-0.39, 0.29) is 5.91 Å². The summed E-state index contributed by atoms with van der Waals surface area (Å²) in [5.74, 6) is -0.151. The minimum Gasteiger partial charge on any atom is -0.346 e. The van der Waals surface area contributed by atoms with Crippen molar-refractivity contribution in [3.05, 3.63) is 49.8 Å². The Morgan fingerprint density at radius 2 is 2.35 bits per heavy atom. The Morgan fingerprint density at radius 3 is 3.00 bits per heavy atom. The number of hydrogen-bond donors (Lipinski definition) is 1. The maximum atomic E-state index is 11.9. The van der Waals surface area contributed by atoms with Crippen LogP contribution in [-0.2, 0) is 6.54 Å². The van der Waals surface area contributed by atoms with E-state index in [4.69, 9.17) is 11.6 Å². The molecular weight excluding hydrogens is 324 g/mol. The highest BCUT2D eigenvalue weighted by atomic mass is 79.9. The Balaban J connectivity index is 2.04. The minimum atomic E-state index is -0.151. The number of rotatable bonds is 3. The molecule has 2 rings (SSSR count). The third kappa shape index (κ3) is 3.28. The number of carbonyl (C=O) groups is 1. The van der Waals surface area contributed by atoms with Crippen molar-refractivity contribution in [1.29, 1.82) is 0 Å². The Kier molecular flexibility index (Phi) is 4.15. The number of amides is 1. The van der Waals surface area contributed by atoms with Crippen molar-refractivity contribution in [2.24, 2.45) is 0 Å². The Bertz CT molecular complexity index is 530. The zero-order chi connectivity index (χ0) is 12.3. The van der Waals surface area contributed by atoms with Gasteiger partial charge in [-0.25, -0.2) is 4.98 Å². The average molecular weight is 332 g/mol. The van der Waals surface area contributed by atoms with Crippen LogP contribution >= 0.6 is 38.9 Å². The van der Waals surface area contributed by atoms with E-state index >= 15 is 0 Å². The second-order valence-electron chi connectivity index (χ2n) is 3.29. The number of thiazole rings is 1. The average Bonchev–Trinajstić information content (AvgIpc) is 2.78. The number of hydrogen-bond acceptors (Lipinski definition) is 3. The van der Waals surface area contributed by atoms with Crippen LogP contribution in [0.4, 0.5) is 0 Å². The van der Waals surface area contributed by atoms with E-state index in [0.717, 1.165) is 5.69 Å². The molecule has 1 aromatic carbocycles. The summed E-state index contributed by atoms with van der Waals surface area (Å²) in [5, 5.41) is 5.28. The van der Waals surface area contributed by atoms with Gasteiger partial charge in [-0.05, 0) is 34.1 Å². The van der Waals surface area contributed by atoms with Gasteiger partial charge in [0.2, 0.25) is 0 Å². The van der Waals surface area contributed by atoms with Gasteiger partial charge in [0.1, 0.15) is 0 Å². The molecule has 1 N–H and O–H groups in total. The number of nitrogens with one attached hydrogen (secondary N) is 1. The minimum absolute atomic E-state index is 0.151. The lowest BCUT2D eigenvalue weighted by molar-refractivity contribution is 0.0949. The molecule has 0 unspecified atom stereocenters. The molecule has 0 aliphatic heterocycles. The maximum absolute atomic E-state index is 11.9. The highest BCUT2D eigenvalue weighted by Gasteiger charge is 2.10. The Hall–Kier alpha value is -0.910. The van der Waals surface area contributed by atoms with E-state index in [0.29, 0.717) is 21.6 Å². The van der Waals surface area contributed by atoms with Gasteiger partial charge in [0, 0.05) is 14.9 Å². The number of nitrogens with zero attached hydrogens (tertiary/aromatic N) is 1. The smallest absolute Gasteiger partial charge is 0.252 e. The van der Waals surface area contributed by atoms with Crippen LogP contribution in [0, 0.1) is 0 Å². The SMILES string of the molecule is O=C(NCc1cscn1)c1ccc(Cl)cc1Br. The summed E-state index contributed by atoms with van der Waals surface area (Å²) >= 11 is 10.6. The van der Waals surface area contributed by atoms with E-state index < -0.39 is 0 Å². The van der Waals surface area contributed by atoms with Crippen LogP contribution in [0.3, 0.4) is 0 Å². The normalized spacial score (nSPS) is 10.2. The first-order valence-corrected chi connectivity index (χ1v) is 6.88. The van der Waals surface area contributed by atoms with E-state index in [9.17, 15) is 4.79 Å². The van der Waals surface area contributed by atoms with Gasteiger partial charge < -0.3 is 5.32 Å². The Morgan fingerprint density at radius 1 is 1.53 bits per heavy atom. The second kappa shape index (κ2) is 5.62.